The number of para-hydroxylation sites is 1. The predicted molar refractivity (Wildman–Crippen MR) is 116 cm³/mol. The third kappa shape index (κ3) is 4.21. The summed E-state index contributed by atoms with van der Waals surface area (Å²) >= 11 is 7.64. The lowest BCUT2D eigenvalue weighted by atomic mass is 10.3. The number of nitrogens with zero attached hydrogens (tertiary/aromatic N) is 3. The van der Waals surface area contributed by atoms with Crippen molar-refractivity contribution < 1.29 is 14.0 Å². The van der Waals surface area contributed by atoms with Gasteiger partial charge in [0.05, 0.1) is 16.3 Å². The Hall–Kier alpha value is -2.36. The number of thioether (sulfide) groups is 1. The van der Waals surface area contributed by atoms with Gasteiger partial charge in [-0.3, -0.25) is 19.4 Å². The molecule has 144 valence electrons. The molecule has 0 atom stereocenters. The summed E-state index contributed by atoms with van der Waals surface area (Å²) in [5.74, 6) is -1.08. The molecule has 2 amide bonds. The standard InChI is InChI=1S/C19H16FN3O2S3/c1-11(2)9-22-17(25)16(28-19(22)26)8-13-10-27-18(21-13)23(12(3)24)15-7-5-4-6-14(15)20/h4-8,10H,1,9H2,2-3H3/b16-8-. The second-order valence-corrected chi connectivity index (χ2v) is 8.60. The Morgan fingerprint density at radius 3 is 2.75 bits per heavy atom. The van der Waals surface area contributed by atoms with Gasteiger partial charge in [-0.15, -0.1) is 11.3 Å². The minimum atomic E-state index is -0.518. The first-order valence-electron chi connectivity index (χ1n) is 8.18. The van der Waals surface area contributed by atoms with Crippen LogP contribution >= 0.6 is 35.3 Å². The van der Waals surface area contributed by atoms with Crippen molar-refractivity contribution in [1.29, 1.82) is 0 Å². The maximum Gasteiger partial charge on any atom is 0.266 e. The van der Waals surface area contributed by atoms with E-state index in [0.29, 0.717) is 26.6 Å². The van der Waals surface area contributed by atoms with Gasteiger partial charge in [-0.1, -0.05) is 48.3 Å². The molecule has 0 N–H and O–H groups in total. The highest BCUT2D eigenvalue weighted by Gasteiger charge is 2.32. The van der Waals surface area contributed by atoms with E-state index in [4.69, 9.17) is 12.2 Å². The molecule has 0 spiro atoms. The summed E-state index contributed by atoms with van der Waals surface area (Å²) in [6.07, 6.45) is 1.62. The number of halogens is 1. The van der Waals surface area contributed by atoms with Crippen LogP contribution in [0.5, 0.6) is 0 Å². The third-order valence-corrected chi connectivity index (χ3v) is 5.91. The molecule has 1 aliphatic rings. The van der Waals surface area contributed by atoms with Crippen LogP contribution in [-0.2, 0) is 9.59 Å². The zero-order chi connectivity index (χ0) is 20.4. The van der Waals surface area contributed by atoms with Crippen molar-refractivity contribution in [2.45, 2.75) is 13.8 Å². The first-order valence-corrected chi connectivity index (χ1v) is 10.3. The van der Waals surface area contributed by atoms with Gasteiger partial charge >= 0.3 is 0 Å². The van der Waals surface area contributed by atoms with Crippen molar-refractivity contribution in [2.24, 2.45) is 0 Å². The molecule has 1 fully saturated rings. The van der Waals surface area contributed by atoms with E-state index in [1.807, 2.05) is 6.92 Å². The van der Waals surface area contributed by atoms with E-state index in [1.165, 1.54) is 52.0 Å². The lowest BCUT2D eigenvalue weighted by molar-refractivity contribution is -0.121. The van der Waals surface area contributed by atoms with Gasteiger partial charge in [0.15, 0.2) is 5.13 Å². The fraction of sp³-hybridized carbons (Fsp3) is 0.158. The van der Waals surface area contributed by atoms with Crippen molar-refractivity contribution in [3.63, 3.8) is 0 Å². The van der Waals surface area contributed by atoms with Crippen LogP contribution in [0.2, 0.25) is 0 Å². The smallest absolute Gasteiger partial charge is 0.266 e. The largest absolute Gasteiger partial charge is 0.289 e. The number of carbonyl (C=O) groups is 2. The number of thiazole rings is 1. The minimum Gasteiger partial charge on any atom is -0.289 e. The van der Waals surface area contributed by atoms with Gasteiger partial charge in [0, 0.05) is 18.8 Å². The molecule has 1 aliphatic heterocycles. The summed E-state index contributed by atoms with van der Waals surface area (Å²) in [6, 6.07) is 6.00. The average molecular weight is 434 g/mol. The Balaban J connectivity index is 1.89. The predicted octanol–water partition coefficient (Wildman–Crippen LogP) is 4.74. The zero-order valence-corrected chi connectivity index (χ0v) is 17.6. The number of hydrogen-bond donors (Lipinski definition) is 0. The molecule has 0 bridgehead atoms. The third-order valence-electron chi connectivity index (χ3n) is 3.69. The Labute approximate surface area is 175 Å². The van der Waals surface area contributed by atoms with Crippen LogP contribution in [0, 0.1) is 5.82 Å². The molecule has 3 rings (SSSR count). The van der Waals surface area contributed by atoms with Crippen molar-refractivity contribution in [3.05, 3.63) is 58.2 Å². The molecule has 0 radical (unpaired) electrons. The Kier molecular flexibility index (Phi) is 6.07. The first kappa shape index (κ1) is 20.4. The molecule has 9 heteroatoms. The van der Waals surface area contributed by atoms with E-state index in [9.17, 15) is 14.0 Å². The maximum absolute atomic E-state index is 14.2. The van der Waals surface area contributed by atoms with Crippen LogP contribution in [0.25, 0.3) is 6.08 Å². The van der Waals surface area contributed by atoms with Crippen molar-refractivity contribution in [1.82, 2.24) is 9.88 Å². The molecule has 0 unspecified atom stereocenters. The fourth-order valence-electron chi connectivity index (χ4n) is 2.53. The molecule has 2 heterocycles. The van der Waals surface area contributed by atoms with Gasteiger partial charge in [-0.25, -0.2) is 9.37 Å². The second-order valence-electron chi connectivity index (χ2n) is 6.09. The number of thiocarbonyl (C=S) groups is 1. The average Bonchev–Trinajstić information content (AvgIpc) is 3.17. The SMILES string of the molecule is C=C(C)CN1C(=O)/C(=C/c2csc(N(C(C)=O)c3ccccc3F)n2)SC1=S. The Bertz CT molecular complexity index is 1020. The fourth-order valence-corrected chi connectivity index (χ4v) is 4.60. The number of carbonyl (C=O) groups excluding carboxylic acids is 2. The van der Waals surface area contributed by atoms with Crippen LogP contribution in [0.15, 0.2) is 46.7 Å². The summed E-state index contributed by atoms with van der Waals surface area (Å²) in [7, 11) is 0. The summed E-state index contributed by atoms with van der Waals surface area (Å²) in [4.78, 5) is 32.2. The number of amides is 2. The Morgan fingerprint density at radius 2 is 2.11 bits per heavy atom. The maximum atomic E-state index is 14.2. The lowest BCUT2D eigenvalue weighted by Gasteiger charge is -2.18. The number of hydrogen-bond acceptors (Lipinski definition) is 6. The zero-order valence-electron chi connectivity index (χ0n) is 15.1. The Morgan fingerprint density at radius 1 is 1.39 bits per heavy atom. The topological polar surface area (TPSA) is 53.5 Å². The molecule has 5 nitrogen and oxygen atoms in total. The highest BCUT2D eigenvalue weighted by atomic mass is 32.2. The van der Waals surface area contributed by atoms with E-state index in [-0.39, 0.29) is 17.5 Å². The van der Waals surface area contributed by atoms with Crippen molar-refractivity contribution >= 4 is 68.3 Å². The minimum absolute atomic E-state index is 0.128. The summed E-state index contributed by atoms with van der Waals surface area (Å²) in [5, 5.41) is 2.03. The van der Waals surface area contributed by atoms with Crippen LogP contribution in [0.4, 0.5) is 15.2 Å². The highest BCUT2D eigenvalue weighted by molar-refractivity contribution is 8.26. The first-order chi connectivity index (χ1) is 13.3. The number of aromatic nitrogens is 1. The summed E-state index contributed by atoms with van der Waals surface area (Å²) < 4.78 is 14.6. The monoisotopic (exact) mass is 433 g/mol. The number of anilines is 2. The van der Waals surface area contributed by atoms with Crippen molar-refractivity contribution in [2.75, 3.05) is 11.4 Å². The molecule has 1 aromatic carbocycles. The van der Waals surface area contributed by atoms with E-state index < -0.39 is 5.82 Å². The van der Waals surface area contributed by atoms with Gasteiger partial charge in [-0.2, -0.15) is 0 Å². The molecule has 0 aliphatic carbocycles. The molecule has 28 heavy (non-hydrogen) atoms. The molecule has 2 aromatic rings. The molecule has 1 aromatic heterocycles. The van der Waals surface area contributed by atoms with Gasteiger partial charge < -0.3 is 0 Å². The molecular weight excluding hydrogens is 417 g/mol. The van der Waals surface area contributed by atoms with E-state index >= 15 is 0 Å². The van der Waals surface area contributed by atoms with Crippen molar-refractivity contribution in [3.8, 4) is 0 Å². The number of benzene rings is 1. The highest BCUT2D eigenvalue weighted by Crippen LogP contribution is 2.35. The van der Waals surface area contributed by atoms with Gasteiger partial charge in [0.2, 0.25) is 5.91 Å². The van der Waals surface area contributed by atoms with Gasteiger partial charge in [0.25, 0.3) is 5.91 Å². The second kappa shape index (κ2) is 8.34. The van der Waals surface area contributed by atoms with Gasteiger partial charge in [0.1, 0.15) is 10.1 Å². The van der Waals surface area contributed by atoms with E-state index in [2.05, 4.69) is 11.6 Å². The quantitative estimate of drug-likeness (QED) is 0.387. The van der Waals surface area contributed by atoms with Crippen LogP contribution in [-0.4, -0.2) is 32.6 Å². The van der Waals surface area contributed by atoms with Gasteiger partial charge in [-0.05, 0) is 25.1 Å². The lowest BCUT2D eigenvalue weighted by Crippen LogP contribution is -2.29. The molecule has 1 saturated heterocycles. The summed E-state index contributed by atoms with van der Waals surface area (Å²) in [5.41, 5.74) is 1.46. The summed E-state index contributed by atoms with van der Waals surface area (Å²) in [6.45, 7) is 7.35. The van der Waals surface area contributed by atoms with Crippen LogP contribution in [0.1, 0.15) is 19.5 Å². The van der Waals surface area contributed by atoms with Crippen LogP contribution in [0.3, 0.4) is 0 Å². The molecule has 0 saturated carbocycles. The number of rotatable bonds is 5. The normalized spacial score (nSPS) is 15.4. The van der Waals surface area contributed by atoms with Crippen LogP contribution < -0.4 is 4.90 Å². The molecular formula is C19H16FN3O2S3. The van der Waals surface area contributed by atoms with E-state index in [1.54, 1.807) is 23.6 Å². The van der Waals surface area contributed by atoms with E-state index in [0.717, 1.165) is 5.57 Å².